The first kappa shape index (κ1) is 21.0. The molecule has 2 aliphatic rings. The van der Waals surface area contributed by atoms with E-state index in [0.717, 1.165) is 29.8 Å². The summed E-state index contributed by atoms with van der Waals surface area (Å²) >= 11 is 0. The molecule has 2 aliphatic heterocycles. The molecule has 0 unspecified atom stereocenters. The SMILES string of the molecule is Cc1cc(C)cc(N2C(=O)C(c3ccccc3)=C(N3CCN(c4ccccc4)CC3)C2=O)c1. The van der Waals surface area contributed by atoms with Gasteiger partial charge in [-0.25, -0.2) is 4.90 Å². The van der Waals surface area contributed by atoms with Crippen molar-refractivity contribution in [2.75, 3.05) is 36.0 Å². The van der Waals surface area contributed by atoms with E-state index in [2.05, 4.69) is 21.9 Å². The minimum Gasteiger partial charge on any atom is -0.368 e. The van der Waals surface area contributed by atoms with Gasteiger partial charge < -0.3 is 9.80 Å². The highest BCUT2D eigenvalue weighted by atomic mass is 16.2. The molecule has 0 saturated carbocycles. The van der Waals surface area contributed by atoms with Gasteiger partial charge in [0, 0.05) is 31.9 Å². The molecule has 33 heavy (non-hydrogen) atoms. The number of rotatable bonds is 4. The molecule has 5 rings (SSSR count). The third-order valence-electron chi connectivity index (χ3n) is 6.30. The van der Waals surface area contributed by atoms with Crippen molar-refractivity contribution in [2.24, 2.45) is 0 Å². The molecule has 0 spiro atoms. The molecule has 0 radical (unpaired) electrons. The predicted octanol–water partition coefficient (Wildman–Crippen LogP) is 4.41. The maximum atomic E-state index is 13.8. The van der Waals surface area contributed by atoms with E-state index in [1.807, 2.05) is 80.6 Å². The highest BCUT2D eigenvalue weighted by Crippen LogP contribution is 2.36. The monoisotopic (exact) mass is 437 g/mol. The Kier molecular flexibility index (Phi) is 5.47. The summed E-state index contributed by atoms with van der Waals surface area (Å²) in [7, 11) is 0. The molecule has 2 heterocycles. The molecular weight excluding hydrogens is 410 g/mol. The largest absolute Gasteiger partial charge is 0.368 e. The van der Waals surface area contributed by atoms with E-state index in [9.17, 15) is 9.59 Å². The number of imide groups is 1. The predicted molar refractivity (Wildman–Crippen MR) is 132 cm³/mol. The number of nitrogens with zero attached hydrogens (tertiary/aromatic N) is 3. The molecule has 5 nitrogen and oxygen atoms in total. The van der Waals surface area contributed by atoms with Gasteiger partial charge in [0.25, 0.3) is 11.8 Å². The standard InChI is InChI=1S/C28H27N3O2/c1-20-17-21(2)19-24(18-20)31-27(32)25(22-9-5-3-6-10-22)26(28(31)33)30-15-13-29(14-16-30)23-11-7-4-8-12-23/h3-12,17-19H,13-16H2,1-2H3. The molecule has 166 valence electrons. The Balaban J connectivity index is 1.51. The lowest BCUT2D eigenvalue weighted by molar-refractivity contribution is -0.120. The minimum absolute atomic E-state index is 0.239. The zero-order valence-corrected chi connectivity index (χ0v) is 19.0. The first-order valence-electron chi connectivity index (χ1n) is 11.3. The van der Waals surface area contributed by atoms with E-state index in [-0.39, 0.29) is 11.8 Å². The van der Waals surface area contributed by atoms with Crippen molar-refractivity contribution < 1.29 is 9.59 Å². The van der Waals surface area contributed by atoms with Crippen LogP contribution in [0.25, 0.3) is 5.57 Å². The fourth-order valence-corrected chi connectivity index (χ4v) is 4.82. The summed E-state index contributed by atoms with van der Waals surface area (Å²) in [6, 6.07) is 25.7. The Labute approximate surface area is 194 Å². The number of aryl methyl sites for hydroxylation is 2. The van der Waals surface area contributed by atoms with Gasteiger partial charge >= 0.3 is 0 Å². The van der Waals surface area contributed by atoms with Crippen LogP contribution in [0.15, 0.2) is 84.6 Å². The van der Waals surface area contributed by atoms with Crippen molar-refractivity contribution in [1.29, 1.82) is 0 Å². The van der Waals surface area contributed by atoms with Gasteiger partial charge in [0.15, 0.2) is 0 Å². The Bertz CT molecular complexity index is 1210. The number of amides is 2. The van der Waals surface area contributed by atoms with Crippen LogP contribution in [-0.2, 0) is 9.59 Å². The van der Waals surface area contributed by atoms with Gasteiger partial charge in [-0.05, 0) is 54.8 Å². The highest BCUT2D eigenvalue weighted by molar-refractivity contribution is 6.45. The Hall–Kier alpha value is -3.86. The summed E-state index contributed by atoms with van der Waals surface area (Å²) in [4.78, 5) is 33.2. The van der Waals surface area contributed by atoms with E-state index in [1.165, 1.54) is 10.6 Å². The van der Waals surface area contributed by atoms with Gasteiger partial charge in [0.1, 0.15) is 5.70 Å². The first-order chi connectivity index (χ1) is 16.0. The average Bonchev–Trinajstić information content (AvgIpc) is 3.09. The molecule has 1 saturated heterocycles. The number of hydrogen-bond donors (Lipinski definition) is 0. The zero-order valence-electron chi connectivity index (χ0n) is 19.0. The van der Waals surface area contributed by atoms with E-state index >= 15 is 0 Å². The lowest BCUT2D eigenvalue weighted by Crippen LogP contribution is -2.47. The van der Waals surface area contributed by atoms with E-state index in [4.69, 9.17) is 0 Å². The van der Waals surface area contributed by atoms with Crippen LogP contribution in [-0.4, -0.2) is 42.9 Å². The summed E-state index contributed by atoms with van der Waals surface area (Å²) in [6.45, 7) is 6.91. The molecule has 0 bridgehead atoms. The second-order valence-electron chi connectivity index (χ2n) is 8.69. The van der Waals surface area contributed by atoms with Crippen LogP contribution in [0.1, 0.15) is 16.7 Å². The number of carbonyl (C=O) groups excluding carboxylic acids is 2. The van der Waals surface area contributed by atoms with Crippen molar-refractivity contribution in [3.05, 3.63) is 101 Å². The first-order valence-corrected chi connectivity index (χ1v) is 11.3. The van der Waals surface area contributed by atoms with Crippen LogP contribution in [0, 0.1) is 13.8 Å². The van der Waals surface area contributed by atoms with E-state index in [0.29, 0.717) is 30.0 Å². The summed E-state index contributed by atoms with van der Waals surface area (Å²) in [6.07, 6.45) is 0. The fraction of sp³-hybridized carbons (Fsp3) is 0.214. The van der Waals surface area contributed by atoms with Gasteiger partial charge in [-0.1, -0.05) is 54.6 Å². The van der Waals surface area contributed by atoms with Gasteiger partial charge in [-0.3, -0.25) is 9.59 Å². The maximum Gasteiger partial charge on any atom is 0.282 e. The number of anilines is 2. The third kappa shape index (κ3) is 3.91. The molecule has 3 aromatic carbocycles. The molecule has 0 aliphatic carbocycles. The minimum atomic E-state index is -0.253. The number of para-hydroxylation sites is 1. The molecule has 1 fully saturated rings. The topological polar surface area (TPSA) is 43.9 Å². The summed E-state index contributed by atoms with van der Waals surface area (Å²) in [5, 5.41) is 0. The van der Waals surface area contributed by atoms with Gasteiger partial charge in [0.2, 0.25) is 0 Å². The van der Waals surface area contributed by atoms with E-state index in [1.54, 1.807) is 0 Å². The van der Waals surface area contributed by atoms with Crippen LogP contribution < -0.4 is 9.80 Å². The van der Waals surface area contributed by atoms with Gasteiger partial charge in [0.05, 0.1) is 11.3 Å². The second-order valence-corrected chi connectivity index (χ2v) is 8.69. The second kappa shape index (κ2) is 8.58. The van der Waals surface area contributed by atoms with Crippen molar-refractivity contribution in [3.63, 3.8) is 0 Å². The van der Waals surface area contributed by atoms with Crippen molar-refractivity contribution in [1.82, 2.24) is 4.90 Å². The Morgan fingerprint density at radius 1 is 0.606 bits per heavy atom. The molecule has 0 N–H and O–H groups in total. The molecular formula is C28H27N3O2. The summed E-state index contributed by atoms with van der Waals surface area (Å²) < 4.78 is 0. The van der Waals surface area contributed by atoms with Crippen LogP contribution in [0.3, 0.4) is 0 Å². The normalized spacial score (nSPS) is 16.7. The summed E-state index contributed by atoms with van der Waals surface area (Å²) in [5.74, 6) is -0.492. The molecule has 3 aromatic rings. The van der Waals surface area contributed by atoms with E-state index < -0.39 is 0 Å². The molecule has 5 heteroatoms. The Morgan fingerprint density at radius 3 is 1.76 bits per heavy atom. The highest BCUT2D eigenvalue weighted by Gasteiger charge is 2.43. The van der Waals surface area contributed by atoms with Crippen molar-refractivity contribution >= 4 is 28.8 Å². The average molecular weight is 438 g/mol. The number of hydrogen-bond acceptors (Lipinski definition) is 4. The van der Waals surface area contributed by atoms with Crippen molar-refractivity contribution in [2.45, 2.75) is 13.8 Å². The van der Waals surface area contributed by atoms with Gasteiger partial charge in [-0.2, -0.15) is 0 Å². The number of carbonyl (C=O) groups is 2. The molecule has 0 atom stereocenters. The maximum absolute atomic E-state index is 13.8. The van der Waals surface area contributed by atoms with Crippen LogP contribution in [0.4, 0.5) is 11.4 Å². The summed E-state index contributed by atoms with van der Waals surface area (Å²) in [5.41, 5.74) is 5.65. The third-order valence-corrected chi connectivity index (χ3v) is 6.30. The molecule has 2 amide bonds. The smallest absolute Gasteiger partial charge is 0.282 e. The zero-order chi connectivity index (χ0) is 22.9. The lowest BCUT2D eigenvalue weighted by Gasteiger charge is -2.37. The fourth-order valence-electron chi connectivity index (χ4n) is 4.82. The quantitative estimate of drug-likeness (QED) is 0.567. The lowest BCUT2D eigenvalue weighted by atomic mass is 10.0. The van der Waals surface area contributed by atoms with Gasteiger partial charge in [-0.15, -0.1) is 0 Å². The van der Waals surface area contributed by atoms with Crippen LogP contribution >= 0.6 is 0 Å². The number of piperazine rings is 1. The van der Waals surface area contributed by atoms with Crippen LogP contribution in [0.5, 0.6) is 0 Å². The number of benzene rings is 3. The molecule has 0 aromatic heterocycles. The van der Waals surface area contributed by atoms with Crippen molar-refractivity contribution in [3.8, 4) is 0 Å². The Morgan fingerprint density at radius 2 is 1.15 bits per heavy atom. The van der Waals surface area contributed by atoms with Crippen LogP contribution in [0.2, 0.25) is 0 Å².